The summed E-state index contributed by atoms with van der Waals surface area (Å²) in [4.78, 5) is 19.6. The van der Waals surface area contributed by atoms with E-state index in [1.54, 1.807) is 7.11 Å². The molecule has 6 heteroatoms. The quantitative estimate of drug-likeness (QED) is 0.857. The van der Waals surface area contributed by atoms with Crippen molar-refractivity contribution in [1.82, 2.24) is 9.97 Å². The Labute approximate surface area is 118 Å². The van der Waals surface area contributed by atoms with E-state index in [1.165, 1.54) is 0 Å². The van der Waals surface area contributed by atoms with Crippen molar-refractivity contribution < 1.29 is 14.6 Å². The second-order valence-electron chi connectivity index (χ2n) is 5.27. The van der Waals surface area contributed by atoms with Gasteiger partial charge < -0.3 is 15.2 Å². The number of hydrogen-bond donors (Lipinski definition) is 2. The number of hydrogen-bond acceptors (Lipinski definition) is 5. The molecular weight excluding hydrogens is 258 g/mol. The van der Waals surface area contributed by atoms with E-state index in [0.29, 0.717) is 12.4 Å². The molecule has 1 aliphatic rings. The molecule has 1 aromatic heterocycles. The molecule has 0 bridgehead atoms. The Hall–Kier alpha value is -1.69. The van der Waals surface area contributed by atoms with Crippen LogP contribution < -0.4 is 5.32 Å². The predicted octanol–water partition coefficient (Wildman–Crippen LogP) is 1.99. The number of methoxy groups -OCH3 is 1. The molecule has 6 nitrogen and oxygen atoms in total. The largest absolute Gasteiger partial charge is 0.481 e. The maximum absolute atomic E-state index is 10.9. The van der Waals surface area contributed by atoms with Crippen LogP contribution in [0.15, 0.2) is 6.07 Å². The van der Waals surface area contributed by atoms with E-state index in [-0.39, 0.29) is 12.0 Å². The molecule has 1 heterocycles. The van der Waals surface area contributed by atoms with Gasteiger partial charge in [-0.05, 0) is 32.6 Å². The van der Waals surface area contributed by atoms with Crippen LogP contribution >= 0.6 is 0 Å². The van der Waals surface area contributed by atoms with Gasteiger partial charge in [-0.3, -0.25) is 4.79 Å². The van der Waals surface area contributed by atoms with Crippen LogP contribution in [0.1, 0.15) is 37.2 Å². The van der Waals surface area contributed by atoms with Crippen molar-refractivity contribution >= 4 is 11.8 Å². The molecule has 2 N–H and O–H groups in total. The molecule has 20 heavy (non-hydrogen) atoms. The van der Waals surface area contributed by atoms with Crippen LogP contribution in [0.4, 0.5) is 5.82 Å². The van der Waals surface area contributed by atoms with Crippen molar-refractivity contribution in [2.45, 2.75) is 45.3 Å². The van der Waals surface area contributed by atoms with Crippen molar-refractivity contribution in [2.75, 3.05) is 12.4 Å². The highest BCUT2D eigenvalue weighted by atomic mass is 16.5. The van der Waals surface area contributed by atoms with E-state index in [4.69, 9.17) is 9.84 Å². The minimum atomic E-state index is -0.677. The van der Waals surface area contributed by atoms with Crippen LogP contribution in [-0.2, 0) is 16.1 Å². The summed E-state index contributed by atoms with van der Waals surface area (Å²) in [7, 11) is 1.62. The second-order valence-corrected chi connectivity index (χ2v) is 5.27. The molecule has 0 radical (unpaired) electrons. The minimum Gasteiger partial charge on any atom is -0.481 e. The molecule has 1 aromatic rings. The molecule has 1 saturated carbocycles. The van der Waals surface area contributed by atoms with Crippen LogP contribution in [0.3, 0.4) is 0 Å². The molecule has 2 rings (SSSR count). The molecule has 0 spiro atoms. The topological polar surface area (TPSA) is 84.3 Å². The first-order chi connectivity index (χ1) is 9.58. The smallest absolute Gasteiger partial charge is 0.306 e. The number of rotatable bonds is 5. The summed E-state index contributed by atoms with van der Waals surface area (Å²) in [6, 6.07) is 2.19. The van der Waals surface area contributed by atoms with Crippen LogP contribution in [0.2, 0.25) is 0 Å². The summed E-state index contributed by atoms with van der Waals surface area (Å²) >= 11 is 0. The summed E-state index contributed by atoms with van der Waals surface area (Å²) in [5.41, 5.74) is 0.897. The molecule has 1 fully saturated rings. The fourth-order valence-electron chi connectivity index (χ4n) is 2.59. The molecule has 0 aromatic carbocycles. The fourth-order valence-corrected chi connectivity index (χ4v) is 2.59. The number of aliphatic carboxylic acids is 1. The van der Waals surface area contributed by atoms with Crippen molar-refractivity contribution in [1.29, 1.82) is 0 Å². The van der Waals surface area contributed by atoms with E-state index in [2.05, 4.69) is 15.3 Å². The molecule has 0 amide bonds. The maximum Gasteiger partial charge on any atom is 0.306 e. The number of carboxylic acids is 1. The van der Waals surface area contributed by atoms with E-state index < -0.39 is 5.97 Å². The Kier molecular flexibility index (Phi) is 4.89. The first-order valence-corrected chi connectivity index (χ1v) is 6.91. The molecule has 0 aliphatic heterocycles. The number of ether oxygens (including phenoxy) is 1. The summed E-state index contributed by atoms with van der Waals surface area (Å²) in [5, 5.41) is 12.4. The van der Waals surface area contributed by atoms with Crippen LogP contribution in [0, 0.1) is 12.8 Å². The van der Waals surface area contributed by atoms with Crippen LogP contribution in [0.25, 0.3) is 0 Å². The maximum atomic E-state index is 10.9. The highest BCUT2D eigenvalue weighted by Crippen LogP contribution is 2.26. The number of nitrogens with zero attached hydrogens (tertiary/aromatic N) is 2. The lowest BCUT2D eigenvalue weighted by atomic mass is 9.86. The average molecular weight is 279 g/mol. The lowest BCUT2D eigenvalue weighted by Crippen LogP contribution is -2.29. The normalized spacial score (nSPS) is 22.5. The van der Waals surface area contributed by atoms with Gasteiger partial charge in [0, 0.05) is 24.9 Å². The van der Waals surface area contributed by atoms with Crippen LogP contribution in [0.5, 0.6) is 0 Å². The number of nitrogens with one attached hydrogen (secondary N) is 1. The summed E-state index contributed by atoms with van der Waals surface area (Å²) in [5.74, 6) is 0.588. The number of carbonyl (C=O) groups is 1. The molecular formula is C14H21N3O3. The van der Waals surface area contributed by atoms with Gasteiger partial charge in [0.25, 0.3) is 0 Å². The van der Waals surface area contributed by atoms with E-state index in [1.807, 2.05) is 13.0 Å². The second kappa shape index (κ2) is 6.65. The van der Waals surface area contributed by atoms with E-state index >= 15 is 0 Å². The SMILES string of the molecule is COCc1nc(C)cc(NC2CCC(C(=O)O)CC2)n1. The number of anilines is 1. The first-order valence-electron chi connectivity index (χ1n) is 6.91. The fraction of sp³-hybridized carbons (Fsp3) is 0.643. The predicted molar refractivity (Wildman–Crippen MR) is 74.5 cm³/mol. The Morgan fingerprint density at radius 2 is 2.10 bits per heavy atom. The summed E-state index contributed by atoms with van der Waals surface area (Å²) in [6.07, 6.45) is 3.17. The standard InChI is InChI=1S/C14H21N3O3/c1-9-7-12(17-13(15-9)8-20-2)16-11-5-3-10(4-6-11)14(18)19/h7,10-11H,3-6,8H2,1-2H3,(H,18,19)(H,15,16,17). The third-order valence-corrected chi connectivity index (χ3v) is 3.60. The summed E-state index contributed by atoms with van der Waals surface area (Å²) < 4.78 is 5.05. The van der Waals surface area contributed by atoms with Gasteiger partial charge in [0.15, 0.2) is 5.82 Å². The zero-order chi connectivity index (χ0) is 14.5. The molecule has 0 atom stereocenters. The highest BCUT2D eigenvalue weighted by molar-refractivity contribution is 5.70. The lowest BCUT2D eigenvalue weighted by molar-refractivity contribution is -0.142. The Balaban J connectivity index is 1.95. The van der Waals surface area contributed by atoms with Crippen molar-refractivity contribution in [3.05, 3.63) is 17.6 Å². The van der Waals surface area contributed by atoms with Gasteiger partial charge in [0.1, 0.15) is 12.4 Å². The van der Waals surface area contributed by atoms with Gasteiger partial charge in [0.05, 0.1) is 5.92 Å². The van der Waals surface area contributed by atoms with E-state index in [0.717, 1.165) is 37.2 Å². The van der Waals surface area contributed by atoms with Gasteiger partial charge in [-0.25, -0.2) is 9.97 Å². The molecule has 0 saturated heterocycles. The van der Waals surface area contributed by atoms with Crippen molar-refractivity contribution in [3.8, 4) is 0 Å². The van der Waals surface area contributed by atoms with Crippen LogP contribution in [-0.4, -0.2) is 34.2 Å². The van der Waals surface area contributed by atoms with Gasteiger partial charge in [-0.15, -0.1) is 0 Å². The number of aryl methyl sites for hydroxylation is 1. The molecule has 1 aliphatic carbocycles. The van der Waals surface area contributed by atoms with Gasteiger partial charge in [-0.1, -0.05) is 0 Å². The van der Waals surface area contributed by atoms with Crippen molar-refractivity contribution in [2.24, 2.45) is 5.92 Å². The zero-order valence-corrected chi connectivity index (χ0v) is 11.9. The minimum absolute atomic E-state index is 0.191. The zero-order valence-electron chi connectivity index (χ0n) is 11.9. The monoisotopic (exact) mass is 279 g/mol. The van der Waals surface area contributed by atoms with Gasteiger partial charge in [-0.2, -0.15) is 0 Å². The van der Waals surface area contributed by atoms with Gasteiger partial charge in [0.2, 0.25) is 0 Å². The van der Waals surface area contributed by atoms with Crippen molar-refractivity contribution in [3.63, 3.8) is 0 Å². The average Bonchev–Trinajstić information content (AvgIpc) is 2.39. The Morgan fingerprint density at radius 1 is 1.40 bits per heavy atom. The summed E-state index contributed by atoms with van der Waals surface area (Å²) in [6.45, 7) is 2.31. The number of carboxylic acid groups (broad SMARTS) is 1. The number of aromatic nitrogens is 2. The lowest BCUT2D eigenvalue weighted by Gasteiger charge is -2.27. The van der Waals surface area contributed by atoms with Gasteiger partial charge >= 0.3 is 5.97 Å². The molecule has 110 valence electrons. The third-order valence-electron chi connectivity index (χ3n) is 3.60. The Morgan fingerprint density at radius 3 is 2.70 bits per heavy atom. The third kappa shape index (κ3) is 3.90. The highest BCUT2D eigenvalue weighted by Gasteiger charge is 2.26. The van der Waals surface area contributed by atoms with E-state index in [9.17, 15) is 4.79 Å². The Bertz CT molecular complexity index is 471. The molecule has 0 unspecified atom stereocenters. The first kappa shape index (κ1) is 14.7.